The van der Waals surface area contributed by atoms with E-state index in [1.54, 1.807) is 18.5 Å². The number of halogens is 2. The molecule has 0 bridgehead atoms. The van der Waals surface area contributed by atoms with Crippen LogP contribution in [0.15, 0.2) is 58.8 Å². The Kier molecular flexibility index (Phi) is 5.16. The minimum absolute atomic E-state index is 0.0332. The van der Waals surface area contributed by atoms with Gasteiger partial charge in [-0.2, -0.15) is 0 Å². The van der Waals surface area contributed by atoms with Gasteiger partial charge in [-0.1, -0.05) is 29.4 Å². The summed E-state index contributed by atoms with van der Waals surface area (Å²) in [5.74, 6) is 0.930. The van der Waals surface area contributed by atoms with Gasteiger partial charge in [0.1, 0.15) is 11.6 Å². The van der Waals surface area contributed by atoms with Crippen molar-refractivity contribution in [1.29, 1.82) is 0 Å². The lowest BCUT2D eigenvalue weighted by atomic mass is 9.73. The minimum atomic E-state index is -0.218. The van der Waals surface area contributed by atoms with E-state index in [0.29, 0.717) is 10.8 Å². The normalized spacial score (nSPS) is 19.1. The van der Waals surface area contributed by atoms with Gasteiger partial charge >= 0.3 is 0 Å². The third-order valence-corrected chi connectivity index (χ3v) is 8.74. The molecule has 7 nitrogen and oxygen atoms in total. The van der Waals surface area contributed by atoms with E-state index in [4.69, 9.17) is 28.1 Å². The van der Waals surface area contributed by atoms with Crippen molar-refractivity contribution in [2.24, 2.45) is 11.1 Å². The number of hydrogen-bond donors (Lipinski definition) is 2. The number of aromatic nitrogens is 4. The highest BCUT2D eigenvalue weighted by atomic mass is 35.5. The standard InChI is InChI=1S/C24H23ClFN7S/c25-19-17(3-6-29-21(19)28)34-18-13-31-23(33-10-7-30-22(18)33)32-8-4-24(5-9-32)12-14-1-2-15(26)11-16(14)20(24)27/h1-3,6-7,10-11,13,20H,4-5,8-9,12,27H2,(H2,28,29)/t20-/m1/s1. The second-order valence-corrected chi connectivity index (χ2v) is 10.5. The Balaban J connectivity index is 1.25. The molecule has 2 aliphatic rings. The Labute approximate surface area is 205 Å². The molecule has 0 radical (unpaired) electrons. The molecule has 4 aromatic rings. The van der Waals surface area contributed by atoms with Gasteiger partial charge in [-0.05, 0) is 54.0 Å². The lowest BCUT2D eigenvalue weighted by Gasteiger charge is -2.42. The summed E-state index contributed by atoms with van der Waals surface area (Å²) < 4.78 is 15.8. The number of nitrogen functional groups attached to an aromatic ring is 1. The summed E-state index contributed by atoms with van der Waals surface area (Å²) in [7, 11) is 0. The van der Waals surface area contributed by atoms with Gasteiger partial charge in [-0.25, -0.2) is 19.3 Å². The smallest absolute Gasteiger partial charge is 0.211 e. The van der Waals surface area contributed by atoms with Crippen molar-refractivity contribution in [3.05, 3.63) is 71.0 Å². The number of imidazole rings is 1. The van der Waals surface area contributed by atoms with E-state index in [1.165, 1.54) is 23.4 Å². The first-order valence-corrected chi connectivity index (χ1v) is 12.3. The molecule has 1 atom stereocenters. The lowest BCUT2D eigenvalue weighted by Crippen LogP contribution is -2.45. The Morgan fingerprint density at radius 1 is 1.09 bits per heavy atom. The number of rotatable bonds is 3. The Hall–Kier alpha value is -2.88. The van der Waals surface area contributed by atoms with Crippen LogP contribution in [-0.2, 0) is 6.42 Å². The third kappa shape index (κ3) is 3.41. The number of pyridine rings is 1. The molecule has 1 aliphatic heterocycles. The fourth-order valence-electron chi connectivity index (χ4n) is 5.30. The molecule has 0 saturated carbocycles. The monoisotopic (exact) mass is 495 g/mol. The van der Waals surface area contributed by atoms with E-state index in [-0.39, 0.29) is 17.3 Å². The average Bonchev–Trinajstić information content (AvgIpc) is 3.43. The molecule has 0 unspecified atom stereocenters. The van der Waals surface area contributed by atoms with Crippen molar-refractivity contribution in [3.8, 4) is 0 Å². The Bertz CT molecular complexity index is 1400. The number of benzene rings is 1. The maximum atomic E-state index is 13.8. The number of nitrogens with zero attached hydrogens (tertiary/aromatic N) is 5. The lowest BCUT2D eigenvalue weighted by molar-refractivity contribution is 0.186. The molecule has 1 aromatic carbocycles. The zero-order chi connectivity index (χ0) is 23.4. The SMILES string of the molecule is Nc1nccc(Sc2cnc(N3CCC4(CC3)Cc3ccc(F)cc3[C@H]4N)n3ccnc23)c1Cl. The van der Waals surface area contributed by atoms with Crippen molar-refractivity contribution in [2.45, 2.75) is 35.1 Å². The van der Waals surface area contributed by atoms with Crippen molar-refractivity contribution >= 4 is 40.8 Å². The average molecular weight is 496 g/mol. The summed E-state index contributed by atoms with van der Waals surface area (Å²) in [5, 5.41) is 0.427. The molecule has 0 amide bonds. The first-order valence-electron chi connectivity index (χ1n) is 11.1. The summed E-state index contributed by atoms with van der Waals surface area (Å²) >= 11 is 7.80. The first kappa shape index (κ1) is 21.6. The van der Waals surface area contributed by atoms with Crippen molar-refractivity contribution in [2.75, 3.05) is 23.7 Å². The summed E-state index contributed by atoms with van der Waals surface area (Å²) in [5.41, 5.74) is 15.4. The van der Waals surface area contributed by atoms with E-state index in [2.05, 4.69) is 14.9 Å². The van der Waals surface area contributed by atoms with Gasteiger partial charge in [0, 0.05) is 48.8 Å². The topological polar surface area (TPSA) is 98.4 Å². The van der Waals surface area contributed by atoms with Crippen LogP contribution >= 0.6 is 23.4 Å². The molecule has 174 valence electrons. The maximum absolute atomic E-state index is 13.8. The summed E-state index contributed by atoms with van der Waals surface area (Å²) in [6, 6.07) is 6.72. The van der Waals surface area contributed by atoms with E-state index in [9.17, 15) is 4.39 Å². The van der Waals surface area contributed by atoms with E-state index in [1.807, 2.05) is 28.9 Å². The Morgan fingerprint density at radius 2 is 1.91 bits per heavy atom. The van der Waals surface area contributed by atoms with Crippen LogP contribution in [0.25, 0.3) is 5.65 Å². The highest BCUT2D eigenvalue weighted by molar-refractivity contribution is 7.99. The Morgan fingerprint density at radius 3 is 2.74 bits per heavy atom. The summed E-state index contributed by atoms with van der Waals surface area (Å²) in [6.07, 6.45) is 9.91. The zero-order valence-corrected chi connectivity index (χ0v) is 19.9. The predicted octanol–water partition coefficient (Wildman–Crippen LogP) is 4.49. The number of anilines is 2. The number of piperidine rings is 1. The number of nitrogens with two attached hydrogens (primary N) is 2. The second-order valence-electron chi connectivity index (χ2n) is 9.00. The van der Waals surface area contributed by atoms with Crippen LogP contribution in [0.5, 0.6) is 0 Å². The molecule has 4 heterocycles. The molecular weight excluding hydrogens is 473 g/mol. The van der Waals surface area contributed by atoms with Gasteiger partial charge < -0.3 is 16.4 Å². The fourth-order valence-corrected chi connectivity index (χ4v) is 6.44. The van der Waals surface area contributed by atoms with Crippen molar-refractivity contribution < 1.29 is 4.39 Å². The molecule has 34 heavy (non-hydrogen) atoms. The minimum Gasteiger partial charge on any atom is -0.382 e. The molecule has 1 spiro atoms. The molecule has 1 fully saturated rings. The van der Waals surface area contributed by atoms with Gasteiger partial charge in [-0.3, -0.25) is 4.40 Å². The zero-order valence-electron chi connectivity index (χ0n) is 18.3. The molecule has 1 aliphatic carbocycles. The molecule has 1 saturated heterocycles. The van der Waals surface area contributed by atoms with Gasteiger partial charge in [-0.15, -0.1) is 0 Å². The van der Waals surface area contributed by atoms with Gasteiger partial charge in [0.05, 0.1) is 9.92 Å². The molecule has 4 N–H and O–H groups in total. The fraction of sp³-hybridized carbons (Fsp3) is 0.292. The van der Waals surface area contributed by atoms with Gasteiger partial charge in [0.2, 0.25) is 5.95 Å². The second kappa shape index (κ2) is 8.11. The highest BCUT2D eigenvalue weighted by Crippen LogP contribution is 2.51. The van der Waals surface area contributed by atoms with Crippen molar-refractivity contribution in [3.63, 3.8) is 0 Å². The maximum Gasteiger partial charge on any atom is 0.211 e. The highest BCUT2D eigenvalue weighted by Gasteiger charge is 2.46. The molecule has 10 heteroatoms. The van der Waals surface area contributed by atoms with Gasteiger partial charge in [0.15, 0.2) is 5.65 Å². The first-order chi connectivity index (χ1) is 16.4. The van der Waals surface area contributed by atoms with Gasteiger partial charge in [0.25, 0.3) is 0 Å². The molecule has 6 rings (SSSR count). The third-order valence-electron chi connectivity index (χ3n) is 7.16. The van der Waals surface area contributed by atoms with E-state index >= 15 is 0 Å². The van der Waals surface area contributed by atoms with Crippen LogP contribution in [0.3, 0.4) is 0 Å². The van der Waals surface area contributed by atoms with Crippen LogP contribution in [0.2, 0.25) is 5.02 Å². The molecule has 3 aromatic heterocycles. The van der Waals surface area contributed by atoms with Crippen LogP contribution in [0.4, 0.5) is 16.2 Å². The van der Waals surface area contributed by atoms with Crippen LogP contribution in [0, 0.1) is 11.2 Å². The number of hydrogen-bond acceptors (Lipinski definition) is 7. The van der Waals surface area contributed by atoms with Crippen LogP contribution < -0.4 is 16.4 Å². The summed E-state index contributed by atoms with van der Waals surface area (Å²) in [6.45, 7) is 1.65. The quantitative estimate of drug-likeness (QED) is 0.432. The van der Waals surface area contributed by atoms with Crippen LogP contribution in [0.1, 0.15) is 30.0 Å². The largest absolute Gasteiger partial charge is 0.382 e. The van der Waals surface area contributed by atoms with E-state index in [0.717, 1.165) is 59.3 Å². The van der Waals surface area contributed by atoms with E-state index < -0.39 is 0 Å². The number of fused-ring (bicyclic) bond motifs is 2. The summed E-state index contributed by atoms with van der Waals surface area (Å²) in [4.78, 5) is 17.4. The van der Waals surface area contributed by atoms with Crippen LogP contribution in [-0.4, -0.2) is 32.4 Å². The van der Waals surface area contributed by atoms with Crippen molar-refractivity contribution in [1.82, 2.24) is 19.4 Å². The predicted molar refractivity (Wildman–Crippen MR) is 132 cm³/mol. The molecular formula is C24H23ClFN7S.